The lowest BCUT2D eigenvalue weighted by Crippen LogP contribution is -2.03. The molecule has 0 radical (unpaired) electrons. The van der Waals surface area contributed by atoms with Gasteiger partial charge in [0.2, 0.25) is 0 Å². The zero-order valence-electron chi connectivity index (χ0n) is 22.7. The second-order valence-corrected chi connectivity index (χ2v) is 10.4. The van der Waals surface area contributed by atoms with Crippen LogP contribution in [-0.2, 0) is 25.8 Å². The summed E-state index contributed by atoms with van der Waals surface area (Å²) in [6.07, 6.45) is 29.2. The van der Waals surface area contributed by atoms with Gasteiger partial charge in [0.1, 0.15) is 5.82 Å². The van der Waals surface area contributed by atoms with Gasteiger partial charge < -0.3 is 4.57 Å². The summed E-state index contributed by atoms with van der Waals surface area (Å²) in [7, 11) is 0. The first kappa shape index (κ1) is 28.7. The van der Waals surface area contributed by atoms with E-state index in [1.165, 1.54) is 126 Å². The maximum atomic E-state index is 5.09. The molecule has 192 valence electrons. The van der Waals surface area contributed by atoms with E-state index >= 15 is 0 Å². The molecule has 1 heterocycles. The Morgan fingerprint density at radius 1 is 0.559 bits per heavy atom. The molecule has 0 bridgehead atoms. The molecule has 0 aliphatic heterocycles. The Hall–Kier alpha value is -1.57. The summed E-state index contributed by atoms with van der Waals surface area (Å²) in [5.74, 6) is 1.35. The van der Waals surface area contributed by atoms with Crippen molar-refractivity contribution < 1.29 is 0 Å². The van der Waals surface area contributed by atoms with Gasteiger partial charge in [-0.05, 0) is 37.7 Å². The molecule has 0 unspecified atom stereocenters. The van der Waals surface area contributed by atoms with Crippen LogP contribution in [0.5, 0.6) is 0 Å². The summed E-state index contributed by atoms with van der Waals surface area (Å²) < 4.78 is 2.51. The summed E-state index contributed by atoms with van der Waals surface area (Å²) in [4.78, 5) is 5.09. The van der Waals surface area contributed by atoms with Crippen LogP contribution in [0.4, 0.5) is 0 Å². The van der Waals surface area contributed by atoms with Crippen molar-refractivity contribution in [2.75, 3.05) is 0 Å². The predicted octanol–water partition coefficient (Wildman–Crippen LogP) is 9.88. The van der Waals surface area contributed by atoms with Crippen LogP contribution in [0.25, 0.3) is 0 Å². The first-order valence-electron chi connectivity index (χ1n) is 14.9. The average Bonchev–Trinajstić information content (AvgIpc) is 3.24. The van der Waals surface area contributed by atoms with E-state index in [4.69, 9.17) is 4.98 Å². The number of aromatic nitrogens is 2. The normalized spacial score (nSPS) is 11.4. The number of aryl methyl sites for hydroxylation is 4. The Morgan fingerprint density at radius 2 is 1.12 bits per heavy atom. The van der Waals surface area contributed by atoms with Crippen molar-refractivity contribution in [1.82, 2.24) is 9.55 Å². The highest BCUT2D eigenvalue weighted by Crippen LogP contribution is 2.16. The van der Waals surface area contributed by atoms with Crippen LogP contribution in [0.3, 0.4) is 0 Å². The van der Waals surface area contributed by atoms with Crippen molar-refractivity contribution in [1.29, 1.82) is 0 Å². The first-order valence-corrected chi connectivity index (χ1v) is 14.9. The summed E-state index contributed by atoms with van der Waals surface area (Å²) in [5, 5.41) is 0. The molecule has 0 amide bonds. The summed E-state index contributed by atoms with van der Waals surface area (Å²) in [6.45, 7) is 5.75. The van der Waals surface area contributed by atoms with Crippen molar-refractivity contribution in [3.8, 4) is 0 Å². The second-order valence-electron chi connectivity index (χ2n) is 10.4. The SMILES string of the molecule is CCCCCCCCCCCCCn1cc(CCCc2ccccc2)nc1CCCCCCC. The van der Waals surface area contributed by atoms with E-state index in [1.54, 1.807) is 0 Å². The zero-order valence-corrected chi connectivity index (χ0v) is 22.7. The Kier molecular flexibility index (Phi) is 16.6. The van der Waals surface area contributed by atoms with Crippen LogP contribution in [0, 0.1) is 0 Å². The van der Waals surface area contributed by atoms with E-state index in [1.807, 2.05) is 0 Å². The van der Waals surface area contributed by atoms with Gasteiger partial charge in [0.15, 0.2) is 0 Å². The zero-order chi connectivity index (χ0) is 24.1. The molecule has 0 saturated heterocycles. The number of unbranched alkanes of at least 4 members (excludes halogenated alkanes) is 14. The van der Waals surface area contributed by atoms with Crippen LogP contribution < -0.4 is 0 Å². The fourth-order valence-corrected chi connectivity index (χ4v) is 4.98. The van der Waals surface area contributed by atoms with Crippen molar-refractivity contribution >= 4 is 0 Å². The molecule has 0 N–H and O–H groups in total. The highest BCUT2D eigenvalue weighted by Gasteiger charge is 2.08. The molecule has 0 atom stereocenters. The highest BCUT2D eigenvalue weighted by molar-refractivity contribution is 5.15. The fourth-order valence-electron chi connectivity index (χ4n) is 4.98. The monoisotopic (exact) mass is 466 g/mol. The van der Waals surface area contributed by atoms with E-state index in [2.05, 4.69) is 54.9 Å². The molecule has 1 aromatic carbocycles. The lowest BCUT2D eigenvalue weighted by molar-refractivity contribution is 0.521. The third-order valence-electron chi connectivity index (χ3n) is 7.16. The summed E-state index contributed by atoms with van der Waals surface area (Å²) >= 11 is 0. The molecule has 2 aromatic rings. The van der Waals surface area contributed by atoms with Gasteiger partial charge in [0.05, 0.1) is 5.69 Å². The van der Waals surface area contributed by atoms with Gasteiger partial charge in [-0.2, -0.15) is 0 Å². The van der Waals surface area contributed by atoms with E-state index in [9.17, 15) is 0 Å². The van der Waals surface area contributed by atoms with Crippen LogP contribution in [-0.4, -0.2) is 9.55 Å². The van der Waals surface area contributed by atoms with Crippen LogP contribution in [0.1, 0.15) is 140 Å². The van der Waals surface area contributed by atoms with Crippen molar-refractivity contribution in [2.24, 2.45) is 0 Å². The second kappa shape index (κ2) is 19.7. The molecule has 0 spiro atoms. The summed E-state index contributed by atoms with van der Waals surface area (Å²) in [5.41, 5.74) is 2.75. The van der Waals surface area contributed by atoms with Crippen LogP contribution in [0.2, 0.25) is 0 Å². The van der Waals surface area contributed by atoms with E-state index in [-0.39, 0.29) is 0 Å². The topological polar surface area (TPSA) is 17.8 Å². The predicted molar refractivity (Wildman–Crippen MR) is 150 cm³/mol. The van der Waals surface area contributed by atoms with Gasteiger partial charge in [-0.15, -0.1) is 0 Å². The first-order chi connectivity index (χ1) is 16.8. The molecule has 0 aliphatic carbocycles. The molecular formula is C32H54N2. The lowest BCUT2D eigenvalue weighted by atomic mass is 10.1. The van der Waals surface area contributed by atoms with Crippen molar-refractivity contribution in [3.05, 3.63) is 53.6 Å². The van der Waals surface area contributed by atoms with Crippen LogP contribution in [0.15, 0.2) is 36.5 Å². The Balaban J connectivity index is 1.69. The van der Waals surface area contributed by atoms with Crippen molar-refractivity contribution in [2.45, 2.75) is 149 Å². The van der Waals surface area contributed by atoms with E-state index < -0.39 is 0 Å². The third kappa shape index (κ3) is 13.4. The minimum Gasteiger partial charge on any atom is -0.335 e. The number of benzene rings is 1. The number of hydrogen-bond acceptors (Lipinski definition) is 1. The number of hydrogen-bond donors (Lipinski definition) is 0. The Labute approximate surface area is 212 Å². The average molecular weight is 467 g/mol. The lowest BCUT2D eigenvalue weighted by Gasteiger charge is -2.08. The van der Waals surface area contributed by atoms with Gasteiger partial charge in [-0.25, -0.2) is 4.98 Å². The fraction of sp³-hybridized carbons (Fsp3) is 0.719. The summed E-state index contributed by atoms with van der Waals surface area (Å²) in [6, 6.07) is 10.9. The molecule has 0 aliphatic rings. The maximum absolute atomic E-state index is 5.09. The van der Waals surface area contributed by atoms with E-state index in [0.717, 1.165) is 25.8 Å². The molecule has 0 fully saturated rings. The standard InChI is InChI=1S/C32H54N2/c1-3-5-7-9-10-11-12-13-14-16-21-28-34-29-31(26-22-25-30-23-18-17-19-24-30)33-32(34)27-20-15-8-6-4-2/h17-19,23-24,29H,3-16,20-22,25-28H2,1-2H3. The molecule has 2 rings (SSSR count). The number of nitrogens with zero attached hydrogens (tertiary/aromatic N) is 2. The number of imidazole rings is 1. The third-order valence-corrected chi connectivity index (χ3v) is 7.16. The Bertz CT molecular complexity index is 703. The molecule has 2 heteroatoms. The van der Waals surface area contributed by atoms with Crippen molar-refractivity contribution in [3.63, 3.8) is 0 Å². The van der Waals surface area contributed by atoms with Crippen LogP contribution >= 0.6 is 0 Å². The molecule has 0 saturated carbocycles. The minimum atomic E-state index is 1.10. The van der Waals surface area contributed by atoms with E-state index in [0.29, 0.717) is 0 Å². The smallest absolute Gasteiger partial charge is 0.108 e. The number of rotatable bonds is 22. The quantitative estimate of drug-likeness (QED) is 0.158. The minimum absolute atomic E-state index is 1.10. The molecule has 34 heavy (non-hydrogen) atoms. The highest BCUT2D eigenvalue weighted by atomic mass is 15.1. The maximum Gasteiger partial charge on any atom is 0.108 e. The van der Waals surface area contributed by atoms with Gasteiger partial charge in [0.25, 0.3) is 0 Å². The van der Waals surface area contributed by atoms with Gasteiger partial charge in [-0.3, -0.25) is 0 Å². The van der Waals surface area contributed by atoms with Gasteiger partial charge >= 0.3 is 0 Å². The Morgan fingerprint density at radius 3 is 1.74 bits per heavy atom. The molecule has 1 aromatic heterocycles. The molecule has 2 nitrogen and oxygen atoms in total. The van der Waals surface area contributed by atoms with Gasteiger partial charge in [-0.1, -0.05) is 134 Å². The molecular weight excluding hydrogens is 412 g/mol. The largest absolute Gasteiger partial charge is 0.335 e. The van der Waals surface area contributed by atoms with Gasteiger partial charge in [0, 0.05) is 19.2 Å².